The standard InChI is InChI=1S/C24H35FN2O4S/c1-3-27(32(2,29)30)19-10-17-31-23(18-19)13-15-26(16-14-23)22(28)24(11-6-7-12-24)20-8-4-5-9-21(20)25/h4-5,8-9,19H,3,6-7,10-18H2,1-2H3/t19-/m0/s1. The zero-order valence-corrected chi connectivity index (χ0v) is 20.0. The fraction of sp³-hybridized carbons (Fsp3) is 0.708. The summed E-state index contributed by atoms with van der Waals surface area (Å²) < 4.78 is 46.9. The first-order valence-electron chi connectivity index (χ1n) is 11.9. The lowest BCUT2D eigenvalue weighted by Gasteiger charge is -2.49. The van der Waals surface area contributed by atoms with Gasteiger partial charge in [-0.05, 0) is 44.6 Å². The summed E-state index contributed by atoms with van der Waals surface area (Å²) >= 11 is 0. The summed E-state index contributed by atoms with van der Waals surface area (Å²) in [6, 6.07) is 6.64. The Morgan fingerprint density at radius 1 is 1.19 bits per heavy atom. The first-order valence-corrected chi connectivity index (χ1v) is 13.7. The van der Waals surface area contributed by atoms with Crippen LogP contribution in [0, 0.1) is 5.82 Å². The van der Waals surface area contributed by atoms with E-state index in [1.807, 2.05) is 17.9 Å². The summed E-state index contributed by atoms with van der Waals surface area (Å²) in [4.78, 5) is 15.6. The van der Waals surface area contributed by atoms with Crippen LogP contribution in [-0.2, 0) is 25.0 Å². The smallest absolute Gasteiger partial charge is 0.233 e. The lowest BCUT2D eigenvalue weighted by molar-refractivity contribution is -0.151. The molecule has 0 aromatic heterocycles. The SMILES string of the molecule is CCN([C@H]1CCOC2(CCN(C(=O)C3(c4ccccc4F)CCCC3)CC2)C1)S(C)(=O)=O. The lowest BCUT2D eigenvalue weighted by Crippen LogP contribution is -2.57. The number of carbonyl (C=O) groups is 1. The molecule has 1 atom stereocenters. The Labute approximate surface area is 191 Å². The highest BCUT2D eigenvalue weighted by Crippen LogP contribution is 2.45. The van der Waals surface area contributed by atoms with E-state index in [-0.39, 0.29) is 17.8 Å². The maximum Gasteiger partial charge on any atom is 0.233 e. The van der Waals surface area contributed by atoms with E-state index >= 15 is 0 Å². The largest absolute Gasteiger partial charge is 0.375 e. The van der Waals surface area contributed by atoms with Gasteiger partial charge in [0.25, 0.3) is 0 Å². The first-order chi connectivity index (χ1) is 15.2. The third-order valence-electron chi connectivity index (χ3n) is 7.83. The van der Waals surface area contributed by atoms with Gasteiger partial charge in [0.15, 0.2) is 0 Å². The number of hydrogen-bond acceptors (Lipinski definition) is 4. The van der Waals surface area contributed by atoms with Crippen molar-refractivity contribution in [1.82, 2.24) is 9.21 Å². The second kappa shape index (κ2) is 9.03. The second-order valence-corrected chi connectivity index (χ2v) is 11.6. The van der Waals surface area contributed by atoms with Crippen LogP contribution in [0.2, 0.25) is 0 Å². The number of nitrogens with zero attached hydrogens (tertiary/aromatic N) is 2. The van der Waals surface area contributed by atoms with E-state index in [0.717, 1.165) is 12.8 Å². The van der Waals surface area contributed by atoms with Crippen LogP contribution in [0.3, 0.4) is 0 Å². The van der Waals surface area contributed by atoms with E-state index in [4.69, 9.17) is 4.74 Å². The number of rotatable bonds is 5. The molecule has 0 radical (unpaired) electrons. The number of piperidine rings is 1. The van der Waals surface area contributed by atoms with Gasteiger partial charge in [-0.15, -0.1) is 0 Å². The van der Waals surface area contributed by atoms with Crippen molar-refractivity contribution in [3.8, 4) is 0 Å². The van der Waals surface area contributed by atoms with Crippen molar-refractivity contribution in [2.24, 2.45) is 0 Å². The topological polar surface area (TPSA) is 66.9 Å². The number of likely N-dealkylation sites (tertiary alicyclic amines) is 1. The van der Waals surface area contributed by atoms with E-state index in [0.29, 0.717) is 70.3 Å². The maximum atomic E-state index is 14.7. The number of sulfonamides is 1. The minimum Gasteiger partial charge on any atom is -0.375 e. The van der Waals surface area contributed by atoms with Crippen molar-refractivity contribution in [3.63, 3.8) is 0 Å². The van der Waals surface area contributed by atoms with E-state index in [9.17, 15) is 17.6 Å². The van der Waals surface area contributed by atoms with Crippen LogP contribution >= 0.6 is 0 Å². The molecule has 178 valence electrons. The molecule has 1 aromatic rings. The van der Waals surface area contributed by atoms with Crippen molar-refractivity contribution >= 4 is 15.9 Å². The van der Waals surface area contributed by atoms with Crippen molar-refractivity contribution < 1.29 is 22.3 Å². The maximum absolute atomic E-state index is 14.7. The molecule has 1 aromatic carbocycles. The molecule has 1 spiro atoms. The molecule has 0 N–H and O–H groups in total. The summed E-state index contributed by atoms with van der Waals surface area (Å²) in [6.07, 6.45) is 7.23. The van der Waals surface area contributed by atoms with Crippen LogP contribution in [0.1, 0.15) is 63.9 Å². The average molecular weight is 467 g/mol. The Morgan fingerprint density at radius 3 is 2.44 bits per heavy atom. The highest BCUT2D eigenvalue weighted by molar-refractivity contribution is 7.88. The molecule has 32 heavy (non-hydrogen) atoms. The Morgan fingerprint density at radius 2 is 1.84 bits per heavy atom. The number of amides is 1. The van der Waals surface area contributed by atoms with Gasteiger partial charge >= 0.3 is 0 Å². The van der Waals surface area contributed by atoms with E-state index in [1.165, 1.54) is 12.3 Å². The van der Waals surface area contributed by atoms with Gasteiger partial charge in [-0.2, -0.15) is 4.31 Å². The molecule has 4 rings (SSSR count). The normalized spacial score (nSPS) is 25.4. The van der Waals surface area contributed by atoms with Gasteiger partial charge in [0.2, 0.25) is 15.9 Å². The van der Waals surface area contributed by atoms with Gasteiger partial charge < -0.3 is 9.64 Å². The molecule has 1 aliphatic carbocycles. The fourth-order valence-corrected chi connectivity index (χ4v) is 7.40. The van der Waals surface area contributed by atoms with Crippen molar-refractivity contribution in [2.75, 3.05) is 32.5 Å². The molecule has 0 bridgehead atoms. The zero-order chi connectivity index (χ0) is 23.0. The third-order valence-corrected chi connectivity index (χ3v) is 9.24. The van der Waals surface area contributed by atoms with Gasteiger partial charge in [0, 0.05) is 37.8 Å². The van der Waals surface area contributed by atoms with Crippen LogP contribution in [0.5, 0.6) is 0 Å². The molecule has 1 amide bonds. The van der Waals surface area contributed by atoms with Crippen LogP contribution < -0.4 is 0 Å². The Balaban J connectivity index is 1.48. The Kier molecular flexibility index (Phi) is 6.67. The molecular formula is C24H35FN2O4S. The molecule has 6 nitrogen and oxygen atoms in total. The summed E-state index contributed by atoms with van der Waals surface area (Å²) in [5.41, 5.74) is -0.622. The van der Waals surface area contributed by atoms with Gasteiger partial charge in [-0.1, -0.05) is 38.0 Å². The number of ether oxygens (including phenoxy) is 1. The summed E-state index contributed by atoms with van der Waals surface area (Å²) in [6.45, 7) is 3.98. The summed E-state index contributed by atoms with van der Waals surface area (Å²) in [5.74, 6) is -0.260. The Bertz CT molecular complexity index is 937. The molecule has 8 heteroatoms. The monoisotopic (exact) mass is 466 g/mol. The number of benzene rings is 1. The minimum absolute atomic E-state index is 0.0358. The van der Waals surface area contributed by atoms with Crippen LogP contribution in [0.15, 0.2) is 24.3 Å². The predicted octanol–water partition coefficient (Wildman–Crippen LogP) is 3.46. The second-order valence-electron chi connectivity index (χ2n) is 9.71. The molecule has 2 heterocycles. The van der Waals surface area contributed by atoms with Crippen LogP contribution in [0.25, 0.3) is 0 Å². The van der Waals surface area contributed by atoms with Crippen molar-refractivity contribution in [3.05, 3.63) is 35.6 Å². The van der Waals surface area contributed by atoms with E-state index < -0.39 is 21.0 Å². The quantitative estimate of drug-likeness (QED) is 0.667. The highest BCUT2D eigenvalue weighted by atomic mass is 32.2. The molecule has 0 unspecified atom stereocenters. The molecule has 3 aliphatic rings. The van der Waals surface area contributed by atoms with Crippen LogP contribution in [0.4, 0.5) is 4.39 Å². The first kappa shape index (κ1) is 23.6. The fourth-order valence-electron chi connectivity index (χ4n) is 6.21. The summed E-state index contributed by atoms with van der Waals surface area (Å²) in [7, 11) is -3.27. The third kappa shape index (κ3) is 4.33. The van der Waals surface area contributed by atoms with Gasteiger partial charge in [-0.25, -0.2) is 12.8 Å². The molecule has 3 fully saturated rings. The molecule has 2 saturated heterocycles. The van der Waals surface area contributed by atoms with E-state index in [1.54, 1.807) is 16.4 Å². The molecular weight excluding hydrogens is 431 g/mol. The molecule has 2 aliphatic heterocycles. The van der Waals surface area contributed by atoms with E-state index in [2.05, 4.69) is 0 Å². The average Bonchev–Trinajstić information content (AvgIpc) is 3.25. The number of carbonyl (C=O) groups excluding carboxylic acids is 1. The highest BCUT2D eigenvalue weighted by Gasteiger charge is 2.49. The molecule has 1 saturated carbocycles. The van der Waals surface area contributed by atoms with Crippen molar-refractivity contribution in [1.29, 1.82) is 0 Å². The number of hydrogen-bond donors (Lipinski definition) is 0. The lowest BCUT2D eigenvalue weighted by atomic mass is 9.76. The predicted molar refractivity (Wildman–Crippen MR) is 121 cm³/mol. The zero-order valence-electron chi connectivity index (χ0n) is 19.2. The minimum atomic E-state index is -3.27. The van der Waals surface area contributed by atoms with Crippen LogP contribution in [-0.4, -0.2) is 67.7 Å². The van der Waals surface area contributed by atoms with Gasteiger partial charge in [0.1, 0.15) is 5.82 Å². The number of halogens is 1. The Hall–Kier alpha value is -1.51. The van der Waals surface area contributed by atoms with Crippen molar-refractivity contribution in [2.45, 2.75) is 75.3 Å². The van der Waals surface area contributed by atoms with Gasteiger partial charge in [0.05, 0.1) is 17.3 Å². The van der Waals surface area contributed by atoms with Gasteiger partial charge in [-0.3, -0.25) is 4.79 Å². The summed E-state index contributed by atoms with van der Waals surface area (Å²) in [5, 5.41) is 0.